The van der Waals surface area contributed by atoms with E-state index in [1.165, 1.54) is 0 Å². The topological polar surface area (TPSA) is 127 Å². The minimum atomic E-state index is -1.31. The van der Waals surface area contributed by atoms with Gasteiger partial charge in [-0.05, 0) is 12.1 Å². The van der Waals surface area contributed by atoms with Crippen LogP contribution >= 0.6 is 12.4 Å². The van der Waals surface area contributed by atoms with Crippen molar-refractivity contribution in [3.63, 3.8) is 0 Å². The first-order valence-corrected chi connectivity index (χ1v) is 3.59. The molecule has 1 aromatic carbocycles. The number of carboxylic acids is 2. The molecule has 1 aromatic rings. The fourth-order valence-electron chi connectivity index (χ4n) is 0.976. The molecule has 1 rings (SSSR count). The zero-order valence-electron chi connectivity index (χ0n) is 7.43. The van der Waals surface area contributed by atoms with Gasteiger partial charge in [-0.1, -0.05) is 0 Å². The molecule has 0 atom stereocenters. The van der Waals surface area contributed by atoms with Crippen molar-refractivity contribution in [3.05, 3.63) is 23.3 Å². The molecule has 0 fully saturated rings. The summed E-state index contributed by atoms with van der Waals surface area (Å²) in [5.74, 6) is -2.56. The Kier molecular flexibility index (Phi) is 3.93. The van der Waals surface area contributed by atoms with Crippen LogP contribution in [0, 0.1) is 0 Å². The summed E-state index contributed by atoms with van der Waals surface area (Å²) in [5, 5.41) is 17.3. The lowest BCUT2D eigenvalue weighted by Crippen LogP contribution is -2.09. The summed E-state index contributed by atoms with van der Waals surface area (Å²) < 4.78 is 0. The summed E-state index contributed by atoms with van der Waals surface area (Å²) in [7, 11) is 0. The van der Waals surface area contributed by atoms with Gasteiger partial charge in [-0.2, -0.15) is 0 Å². The second kappa shape index (κ2) is 4.52. The molecule has 6 nitrogen and oxygen atoms in total. The highest BCUT2D eigenvalue weighted by atomic mass is 35.5. The van der Waals surface area contributed by atoms with Gasteiger partial charge in [-0.25, -0.2) is 9.59 Å². The number of carboxylic acid groups (broad SMARTS) is 2. The van der Waals surface area contributed by atoms with E-state index < -0.39 is 11.9 Å². The number of nitrogens with two attached hydrogens (primary N) is 2. The van der Waals surface area contributed by atoms with Crippen molar-refractivity contribution in [1.82, 2.24) is 0 Å². The molecule has 0 aliphatic heterocycles. The Labute approximate surface area is 90.9 Å². The van der Waals surface area contributed by atoms with E-state index in [1.807, 2.05) is 0 Å². The highest BCUT2D eigenvalue weighted by Crippen LogP contribution is 2.22. The predicted octanol–water partition coefficient (Wildman–Crippen LogP) is 0.669. The van der Waals surface area contributed by atoms with Crippen LogP contribution in [0.15, 0.2) is 12.1 Å². The fourth-order valence-corrected chi connectivity index (χ4v) is 0.976. The molecule has 0 aliphatic carbocycles. The minimum absolute atomic E-state index is 0. The number of halogens is 1. The van der Waals surface area contributed by atoms with E-state index in [9.17, 15) is 9.59 Å². The Morgan fingerprint density at radius 1 is 1.07 bits per heavy atom. The Morgan fingerprint density at radius 2 is 1.60 bits per heavy atom. The van der Waals surface area contributed by atoms with Gasteiger partial charge < -0.3 is 21.7 Å². The second-order valence-electron chi connectivity index (χ2n) is 2.64. The highest BCUT2D eigenvalue weighted by Gasteiger charge is 2.14. The fraction of sp³-hybridized carbons (Fsp3) is 0. The molecule has 0 aliphatic rings. The maximum Gasteiger partial charge on any atom is 0.337 e. The van der Waals surface area contributed by atoms with Gasteiger partial charge in [0.25, 0.3) is 0 Å². The summed E-state index contributed by atoms with van der Waals surface area (Å²) in [6.45, 7) is 0. The average molecular weight is 233 g/mol. The monoisotopic (exact) mass is 232 g/mol. The van der Waals surface area contributed by atoms with E-state index in [0.29, 0.717) is 0 Å². The van der Waals surface area contributed by atoms with Crippen LogP contribution in [-0.4, -0.2) is 22.2 Å². The van der Waals surface area contributed by atoms with Crippen molar-refractivity contribution in [1.29, 1.82) is 0 Å². The minimum Gasteiger partial charge on any atom is -0.478 e. The number of benzene rings is 1. The van der Waals surface area contributed by atoms with Crippen molar-refractivity contribution >= 4 is 35.7 Å². The summed E-state index contributed by atoms with van der Waals surface area (Å²) >= 11 is 0. The van der Waals surface area contributed by atoms with E-state index in [-0.39, 0.29) is 34.9 Å². The molecule has 0 amide bonds. The molecule has 7 heteroatoms. The molecule has 0 heterocycles. The van der Waals surface area contributed by atoms with Crippen molar-refractivity contribution < 1.29 is 19.8 Å². The molecule has 15 heavy (non-hydrogen) atoms. The number of aromatic carboxylic acids is 2. The van der Waals surface area contributed by atoms with Crippen LogP contribution in [0.1, 0.15) is 20.7 Å². The summed E-state index contributed by atoms with van der Waals surface area (Å²) in [6, 6.07) is 2.08. The first kappa shape index (κ1) is 13.1. The van der Waals surface area contributed by atoms with E-state index in [0.717, 1.165) is 12.1 Å². The van der Waals surface area contributed by atoms with Gasteiger partial charge in [-0.15, -0.1) is 12.4 Å². The largest absolute Gasteiger partial charge is 0.478 e. The third-order valence-electron chi connectivity index (χ3n) is 1.69. The van der Waals surface area contributed by atoms with Crippen LogP contribution in [0.25, 0.3) is 0 Å². The first-order valence-electron chi connectivity index (χ1n) is 3.59. The number of rotatable bonds is 2. The van der Waals surface area contributed by atoms with E-state index in [4.69, 9.17) is 21.7 Å². The zero-order valence-corrected chi connectivity index (χ0v) is 8.25. The molecule has 0 saturated heterocycles. The molecule has 0 unspecified atom stereocenters. The predicted molar refractivity (Wildman–Crippen MR) is 56.4 cm³/mol. The number of hydrogen-bond donors (Lipinski definition) is 4. The Balaban J connectivity index is 0.00000196. The van der Waals surface area contributed by atoms with Gasteiger partial charge in [0.2, 0.25) is 0 Å². The lowest BCUT2D eigenvalue weighted by atomic mass is 10.1. The van der Waals surface area contributed by atoms with E-state index in [1.54, 1.807) is 0 Å². The lowest BCUT2D eigenvalue weighted by Gasteiger charge is -2.05. The molecule has 0 bridgehead atoms. The van der Waals surface area contributed by atoms with Gasteiger partial charge in [0.05, 0.1) is 22.5 Å². The molecular formula is C8H9ClN2O4. The summed E-state index contributed by atoms with van der Waals surface area (Å²) in [5.41, 5.74) is 10.0. The van der Waals surface area contributed by atoms with E-state index >= 15 is 0 Å². The summed E-state index contributed by atoms with van der Waals surface area (Å²) in [6.07, 6.45) is 0. The van der Waals surface area contributed by atoms with Crippen LogP contribution in [0.5, 0.6) is 0 Å². The second-order valence-corrected chi connectivity index (χ2v) is 2.64. The Morgan fingerprint density at radius 3 is 2.00 bits per heavy atom. The van der Waals surface area contributed by atoms with Gasteiger partial charge in [-0.3, -0.25) is 0 Å². The van der Waals surface area contributed by atoms with Crippen molar-refractivity contribution in [3.8, 4) is 0 Å². The molecule has 0 aromatic heterocycles. The van der Waals surface area contributed by atoms with Crippen molar-refractivity contribution in [2.45, 2.75) is 0 Å². The third kappa shape index (κ3) is 2.50. The van der Waals surface area contributed by atoms with Crippen LogP contribution in [0.2, 0.25) is 0 Å². The Hall–Kier alpha value is -1.95. The zero-order chi connectivity index (χ0) is 10.9. The standard InChI is InChI=1S/C8H8N2O4.ClH/c9-5-2-3(7(11)12)1-4(6(5)10)8(13)14;/h1-2H,9-10H2,(H,11,12)(H,13,14);1H. The molecule has 0 spiro atoms. The average Bonchev–Trinajstić information content (AvgIpc) is 2.08. The molecule has 82 valence electrons. The SMILES string of the molecule is Cl.Nc1cc(C(=O)O)cc(C(=O)O)c1N. The highest BCUT2D eigenvalue weighted by molar-refractivity contribution is 6.01. The number of anilines is 2. The smallest absolute Gasteiger partial charge is 0.337 e. The third-order valence-corrected chi connectivity index (χ3v) is 1.69. The van der Waals surface area contributed by atoms with Gasteiger partial charge in [0, 0.05) is 0 Å². The lowest BCUT2D eigenvalue weighted by molar-refractivity contribution is 0.0696. The number of carbonyl (C=O) groups is 2. The van der Waals surface area contributed by atoms with Crippen LogP contribution in [0.4, 0.5) is 11.4 Å². The number of hydrogen-bond acceptors (Lipinski definition) is 4. The van der Waals surface area contributed by atoms with Crippen molar-refractivity contribution in [2.75, 3.05) is 11.5 Å². The van der Waals surface area contributed by atoms with Gasteiger partial charge >= 0.3 is 11.9 Å². The summed E-state index contributed by atoms with van der Waals surface area (Å²) in [4.78, 5) is 21.2. The van der Waals surface area contributed by atoms with Crippen LogP contribution < -0.4 is 11.5 Å². The normalized spacial score (nSPS) is 9.07. The Bertz CT molecular complexity index is 419. The molecule has 6 N–H and O–H groups in total. The maximum absolute atomic E-state index is 10.6. The number of nitrogen functional groups attached to an aromatic ring is 2. The molecule has 0 saturated carbocycles. The van der Waals surface area contributed by atoms with Gasteiger partial charge in [0.1, 0.15) is 0 Å². The first-order chi connectivity index (χ1) is 6.43. The maximum atomic E-state index is 10.6. The molecular weight excluding hydrogens is 224 g/mol. The quantitative estimate of drug-likeness (QED) is 0.555. The van der Waals surface area contributed by atoms with Gasteiger partial charge in [0.15, 0.2) is 0 Å². The van der Waals surface area contributed by atoms with Crippen LogP contribution in [-0.2, 0) is 0 Å². The van der Waals surface area contributed by atoms with E-state index in [2.05, 4.69) is 0 Å². The van der Waals surface area contributed by atoms with Crippen molar-refractivity contribution in [2.24, 2.45) is 0 Å². The van der Waals surface area contributed by atoms with Crippen LogP contribution in [0.3, 0.4) is 0 Å². The molecule has 0 radical (unpaired) electrons.